The molecule has 3 rings (SSSR count). The Kier molecular flexibility index (Phi) is 6.04. The molecule has 5 nitrogen and oxygen atoms in total. The topological polar surface area (TPSA) is 58.1 Å². The molecule has 1 atom stereocenters. The number of anilines is 1. The van der Waals surface area contributed by atoms with Crippen molar-refractivity contribution in [2.24, 2.45) is 0 Å². The molecule has 0 aliphatic carbocycles. The Morgan fingerprint density at radius 2 is 2.00 bits per heavy atom. The molecule has 1 N–H and O–H groups in total. The molecule has 0 saturated carbocycles. The zero-order valence-corrected chi connectivity index (χ0v) is 16.2. The molecule has 0 fully saturated rings. The number of hydrogen-bond donors (Lipinski definition) is 1. The van der Waals surface area contributed by atoms with Gasteiger partial charge in [0.25, 0.3) is 0 Å². The van der Waals surface area contributed by atoms with E-state index in [0.717, 1.165) is 23.2 Å². The van der Waals surface area contributed by atoms with Crippen LogP contribution in [-0.2, 0) is 24.4 Å². The molecule has 1 unspecified atom stereocenters. The number of amides is 1. The number of benzene rings is 1. The molecule has 0 bridgehead atoms. The van der Waals surface area contributed by atoms with Gasteiger partial charge in [-0.2, -0.15) is 0 Å². The van der Waals surface area contributed by atoms with Gasteiger partial charge in [-0.15, -0.1) is 0 Å². The number of alkyl halides is 1. The fourth-order valence-corrected chi connectivity index (χ4v) is 3.29. The van der Waals surface area contributed by atoms with Gasteiger partial charge in [-0.3, -0.25) is 4.79 Å². The smallest absolute Gasteiger partial charge is 0.223 e. The number of nitrogens with zero attached hydrogens (tertiary/aromatic N) is 3. The van der Waals surface area contributed by atoms with Crippen LogP contribution in [0.1, 0.15) is 55.5 Å². The van der Waals surface area contributed by atoms with Gasteiger partial charge in [0.1, 0.15) is 6.67 Å². The second-order valence-electron chi connectivity index (χ2n) is 7.51. The summed E-state index contributed by atoms with van der Waals surface area (Å²) in [7, 11) is 0. The molecule has 1 aromatic heterocycles. The Labute approximate surface area is 160 Å². The van der Waals surface area contributed by atoms with Crippen LogP contribution in [0.4, 0.5) is 10.3 Å². The summed E-state index contributed by atoms with van der Waals surface area (Å²) in [4.78, 5) is 23.6. The quantitative estimate of drug-likeness (QED) is 0.839. The van der Waals surface area contributed by atoms with Gasteiger partial charge < -0.3 is 10.2 Å². The largest absolute Gasteiger partial charge is 0.352 e. The van der Waals surface area contributed by atoms with Crippen LogP contribution < -0.4 is 5.32 Å². The van der Waals surface area contributed by atoms with Crippen LogP contribution in [0.15, 0.2) is 30.5 Å². The number of rotatable bonds is 6. The van der Waals surface area contributed by atoms with Crippen molar-refractivity contribution >= 4 is 11.9 Å². The predicted molar refractivity (Wildman–Crippen MR) is 104 cm³/mol. The molecule has 6 heteroatoms. The zero-order chi connectivity index (χ0) is 19.4. The van der Waals surface area contributed by atoms with E-state index in [9.17, 15) is 9.18 Å². The molecule has 0 radical (unpaired) electrons. The first-order chi connectivity index (χ1) is 13.0. The van der Waals surface area contributed by atoms with E-state index in [1.165, 1.54) is 0 Å². The summed E-state index contributed by atoms with van der Waals surface area (Å²) in [5.74, 6) is 0.829. The van der Waals surface area contributed by atoms with Gasteiger partial charge in [0.15, 0.2) is 0 Å². The molecular formula is C21H27FN4O. The van der Waals surface area contributed by atoms with Gasteiger partial charge in [0.2, 0.25) is 11.9 Å². The van der Waals surface area contributed by atoms with Crippen molar-refractivity contribution in [1.29, 1.82) is 0 Å². The highest BCUT2D eigenvalue weighted by Crippen LogP contribution is 2.24. The molecule has 2 aromatic rings. The summed E-state index contributed by atoms with van der Waals surface area (Å²) in [5, 5.41) is 3.21. The van der Waals surface area contributed by atoms with Crippen molar-refractivity contribution in [2.45, 2.75) is 58.8 Å². The van der Waals surface area contributed by atoms with E-state index in [0.29, 0.717) is 31.0 Å². The van der Waals surface area contributed by atoms with E-state index in [2.05, 4.69) is 15.3 Å². The third-order valence-electron chi connectivity index (χ3n) is 4.90. The lowest BCUT2D eigenvalue weighted by atomic mass is 9.95. The van der Waals surface area contributed by atoms with E-state index in [4.69, 9.17) is 0 Å². The summed E-state index contributed by atoms with van der Waals surface area (Å²) in [6.07, 6.45) is 3.08. The van der Waals surface area contributed by atoms with E-state index in [1.54, 1.807) is 12.1 Å². The number of carbonyl (C=O) groups excluding carboxylic acids is 1. The molecule has 0 spiro atoms. The summed E-state index contributed by atoms with van der Waals surface area (Å²) in [6.45, 7) is 6.88. The predicted octanol–water partition coefficient (Wildman–Crippen LogP) is 3.84. The average molecular weight is 370 g/mol. The van der Waals surface area contributed by atoms with Crippen molar-refractivity contribution in [2.75, 3.05) is 11.9 Å². The van der Waals surface area contributed by atoms with Crippen molar-refractivity contribution in [3.63, 3.8) is 0 Å². The zero-order valence-electron chi connectivity index (χ0n) is 16.2. The number of aromatic nitrogens is 2. The number of nitrogens with one attached hydrogen (secondary N) is 1. The number of hydrogen-bond acceptors (Lipinski definition) is 4. The van der Waals surface area contributed by atoms with Crippen molar-refractivity contribution in [3.8, 4) is 0 Å². The van der Waals surface area contributed by atoms with Gasteiger partial charge in [0, 0.05) is 25.2 Å². The SMILES string of the molecule is CC(C)Nc1ncc2c(n1)CN(C(=O)CC(C)c1ccc(CF)cc1)CC2. The summed E-state index contributed by atoms with van der Waals surface area (Å²) >= 11 is 0. The summed E-state index contributed by atoms with van der Waals surface area (Å²) < 4.78 is 12.7. The minimum Gasteiger partial charge on any atom is -0.352 e. The van der Waals surface area contributed by atoms with Gasteiger partial charge >= 0.3 is 0 Å². The van der Waals surface area contributed by atoms with E-state index in [1.807, 2.05) is 44.0 Å². The van der Waals surface area contributed by atoms with Crippen LogP contribution in [0.5, 0.6) is 0 Å². The Bertz CT molecular complexity index is 791. The molecule has 27 heavy (non-hydrogen) atoms. The third-order valence-corrected chi connectivity index (χ3v) is 4.90. The van der Waals surface area contributed by atoms with E-state index in [-0.39, 0.29) is 17.9 Å². The molecule has 1 aliphatic heterocycles. The van der Waals surface area contributed by atoms with Crippen LogP contribution in [-0.4, -0.2) is 33.4 Å². The highest BCUT2D eigenvalue weighted by atomic mass is 19.1. The molecule has 1 aliphatic rings. The Hall–Kier alpha value is -2.50. The monoisotopic (exact) mass is 370 g/mol. The third kappa shape index (κ3) is 4.81. The Morgan fingerprint density at radius 3 is 2.67 bits per heavy atom. The molecule has 1 aromatic carbocycles. The minimum absolute atomic E-state index is 0.0936. The maximum Gasteiger partial charge on any atom is 0.223 e. The minimum atomic E-state index is -0.462. The van der Waals surface area contributed by atoms with Crippen LogP contribution in [0.25, 0.3) is 0 Å². The standard InChI is InChI=1S/C21H27FN4O/c1-14(2)24-21-23-12-18-8-9-26(13-19(18)25-21)20(27)10-15(3)17-6-4-16(11-22)5-7-17/h4-7,12,14-15H,8-11,13H2,1-3H3,(H,23,24,25). The molecule has 144 valence electrons. The molecular weight excluding hydrogens is 343 g/mol. The van der Waals surface area contributed by atoms with Crippen LogP contribution in [0, 0.1) is 0 Å². The molecule has 2 heterocycles. The Balaban J connectivity index is 1.64. The van der Waals surface area contributed by atoms with Gasteiger partial charge in [0.05, 0.1) is 12.2 Å². The second kappa shape index (κ2) is 8.46. The normalized spacial score (nSPS) is 14.8. The lowest BCUT2D eigenvalue weighted by Gasteiger charge is -2.29. The van der Waals surface area contributed by atoms with Gasteiger partial charge in [-0.25, -0.2) is 14.4 Å². The van der Waals surface area contributed by atoms with Crippen LogP contribution >= 0.6 is 0 Å². The maximum absolute atomic E-state index is 12.8. The second-order valence-corrected chi connectivity index (χ2v) is 7.51. The van der Waals surface area contributed by atoms with Crippen LogP contribution in [0.2, 0.25) is 0 Å². The van der Waals surface area contributed by atoms with E-state index >= 15 is 0 Å². The highest BCUT2D eigenvalue weighted by molar-refractivity contribution is 5.77. The lowest BCUT2D eigenvalue weighted by molar-refractivity contribution is -0.132. The Morgan fingerprint density at radius 1 is 1.26 bits per heavy atom. The first-order valence-corrected chi connectivity index (χ1v) is 9.50. The molecule has 1 amide bonds. The first kappa shape index (κ1) is 19.3. The number of fused-ring (bicyclic) bond motifs is 1. The average Bonchev–Trinajstić information content (AvgIpc) is 2.67. The van der Waals surface area contributed by atoms with Crippen molar-refractivity contribution < 1.29 is 9.18 Å². The fourth-order valence-electron chi connectivity index (χ4n) is 3.29. The van der Waals surface area contributed by atoms with E-state index < -0.39 is 6.67 Å². The summed E-state index contributed by atoms with van der Waals surface area (Å²) in [5.41, 5.74) is 3.76. The summed E-state index contributed by atoms with van der Waals surface area (Å²) in [6, 6.07) is 7.65. The highest BCUT2D eigenvalue weighted by Gasteiger charge is 2.24. The van der Waals surface area contributed by atoms with Crippen LogP contribution in [0.3, 0.4) is 0 Å². The van der Waals surface area contributed by atoms with Gasteiger partial charge in [-0.1, -0.05) is 31.2 Å². The first-order valence-electron chi connectivity index (χ1n) is 9.50. The number of carbonyl (C=O) groups is 1. The van der Waals surface area contributed by atoms with Crippen molar-refractivity contribution in [1.82, 2.24) is 14.9 Å². The van der Waals surface area contributed by atoms with Gasteiger partial charge in [-0.05, 0) is 42.9 Å². The fraction of sp³-hybridized carbons (Fsp3) is 0.476. The van der Waals surface area contributed by atoms with Crippen molar-refractivity contribution in [3.05, 3.63) is 52.8 Å². The number of halogens is 1. The molecule has 0 saturated heterocycles. The maximum atomic E-state index is 12.8. The lowest BCUT2D eigenvalue weighted by Crippen LogP contribution is -2.37.